The van der Waals surface area contributed by atoms with Gasteiger partial charge in [0.15, 0.2) is 5.13 Å². The van der Waals surface area contributed by atoms with Gasteiger partial charge in [-0.1, -0.05) is 12.1 Å². The summed E-state index contributed by atoms with van der Waals surface area (Å²) in [6.45, 7) is 3.00. The first-order valence-corrected chi connectivity index (χ1v) is 12.8. The molecule has 1 saturated heterocycles. The number of sulfonamides is 1. The Morgan fingerprint density at radius 2 is 1.97 bits per heavy atom. The van der Waals surface area contributed by atoms with Gasteiger partial charge in [-0.05, 0) is 36.1 Å². The summed E-state index contributed by atoms with van der Waals surface area (Å²) in [5.74, 6) is -0.147. The maximum absolute atomic E-state index is 13.1. The van der Waals surface area contributed by atoms with E-state index in [2.05, 4.69) is 14.6 Å². The summed E-state index contributed by atoms with van der Waals surface area (Å²) < 4.78 is 27.9. The molecule has 2 aromatic heterocycles. The number of benzene rings is 1. The van der Waals surface area contributed by atoms with Gasteiger partial charge in [-0.2, -0.15) is 0 Å². The number of amides is 1. The van der Waals surface area contributed by atoms with Gasteiger partial charge in [0.1, 0.15) is 0 Å². The molecule has 1 aromatic carbocycles. The molecule has 7 nitrogen and oxygen atoms in total. The van der Waals surface area contributed by atoms with Crippen LogP contribution in [-0.4, -0.2) is 50.4 Å². The molecular weight excluding hydrogens is 440 g/mol. The number of aromatic nitrogens is 1. The van der Waals surface area contributed by atoms with Crippen LogP contribution in [0.4, 0.5) is 5.13 Å². The highest BCUT2D eigenvalue weighted by atomic mass is 32.2. The van der Waals surface area contributed by atoms with Crippen molar-refractivity contribution >= 4 is 43.7 Å². The number of nitrogens with zero attached hydrogens (tertiary/aromatic N) is 3. The van der Waals surface area contributed by atoms with Crippen LogP contribution >= 0.6 is 22.7 Å². The minimum Gasteiger partial charge on any atom is -0.346 e. The lowest BCUT2D eigenvalue weighted by molar-refractivity contribution is 0.0767. The second-order valence-corrected chi connectivity index (χ2v) is 10.6. The van der Waals surface area contributed by atoms with Crippen molar-refractivity contribution in [3.8, 4) is 0 Å². The SMILES string of the molecule is O=C(c1cccc(S(=O)(=O)NCc2cccs2)c1)N1CCCN(c2nccs2)CC1. The summed E-state index contributed by atoms with van der Waals surface area (Å²) >= 11 is 3.08. The molecule has 0 spiro atoms. The van der Waals surface area contributed by atoms with E-state index < -0.39 is 10.0 Å². The van der Waals surface area contributed by atoms with Crippen molar-refractivity contribution < 1.29 is 13.2 Å². The molecule has 30 heavy (non-hydrogen) atoms. The van der Waals surface area contributed by atoms with Crippen LogP contribution in [0.25, 0.3) is 0 Å². The molecule has 0 bridgehead atoms. The molecule has 4 rings (SSSR count). The monoisotopic (exact) mass is 462 g/mol. The molecule has 0 unspecified atom stereocenters. The van der Waals surface area contributed by atoms with Crippen LogP contribution in [0.1, 0.15) is 21.7 Å². The summed E-state index contributed by atoms with van der Waals surface area (Å²) in [7, 11) is -3.70. The van der Waals surface area contributed by atoms with Crippen molar-refractivity contribution in [2.24, 2.45) is 0 Å². The van der Waals surface area contributed by atoms with Gasteiger partial charge in [0, 0.05) is 54.7 Å². The van der Waals surface area contributed by atoms with Crippen molar-refractivity contribution in [1.29, 1.82) is 0 Å². The number of anilines is 1. The first kappa shape index (κ1) is 21.0. The van der Waals surface area contributed by atoms with Crippen LogP contribution in [0.3, 0.4) is 0 Å². The number of hydrogen-bond acceptors (Lipinski definition) is 7. The molecule has 1 N–H and O–H groups in total. The van der Waals surface area contributed by atoms with Gasteiger partial charge in [-0.25, -0.2) is 18.1 Å². The van der Waals surface area contributed by atoms with Gasteiger partial charge in [-0.15, -0.1) is 22.7 Å². The summed E-state index contributed by atoms with van der Waals surface area (Å²) in [6, 6.07) is 10.0. The van der Waals surface area contributed by atoms with Crippen molar-refractivity contribution in [2.75, 3.05) is 31.1 Å². The Morgan fingerprint density at radius 1 is 1.07 bits per heavy atom. The Bertz CT molecular complexity index is 1080. The Balaban J connectivity index is 1.44. The molecule has 1 amide bonds. The van der Waals surface area contributed by atoms with Gasteiger partial charge < -0.3 is 9.80 Å². The molecule has 158 valence electrons. The van der Waals surface area contributed by atoms with Gasteiger partial charge in [0.25, 0.3) is 5.91 Å². The van der Waals surface area contributed by atoms with E-state index in [1.807, 2.05) is 22.9 Å². The first-order valence-electron chi connectivity index (χ1n) is 9.59. The zero-order valence-electron chi connectivity index (χ0n) is 16.2. The minimum atomic E-state index is -3.70. The quantitative estimate of drug-likeness (QED) is 0.609. The Labute approximate surface area is 184 Å². The minimum absolute atomic E-state index is 0.101. The lowest BCUT2D eigenvalue weighted by Crippen LogP contribution is -2.35. The number of nitrogens with one attached hydrogen (secondary N) is 1. The normalized spacial score (nSPS) is 15.2. The van der Waals surface area contributed by atoms with E-state index in [-0.39, 0.29) is 17.3 Å². The summed E-state index contributed by atoms with van der Waals surface area (Å²) in [6.07, 6.45) is 2.62. The fourth-order valence-corrected chi connectivity index (χ4v) is 5.81. The Morgan fingerprint density at radius 3 is 2.73 bits per heavy atom. The molecule has 0 aliphatic carbocycles. The maximum Gasteiger partial charge on any atom is 0.253 e. The van der Waals surface area contributed by atoms with Crippen molar-refractivity contribution in [2.45, 2.75) is 17.9 Å². The zero-order chi connectivity index (χ0) is 21.0. The number of carbonyl (C=O) groups excluding carboxylic acids is 1. The maximum atomic E-state index is 13.1. The lowest BCUT2D eigenvalue weighted by atomic mass is 10.2. The number of rotatable bonds is 6. The van der Waals surface area contributed by atoms with E-state index in [1.54, 1.807) is 34.6 Å². The van der Waals surface area contributed by atoms with Crippen LogP contribution in [-0.2, 0) is 16.6 Å². The van der Waals surface area contributed by atoms with Gasteiger partial charge in [-0.3, -0.25) is 4.79 Å². The highest BCUT2D eigenvalue weighted by Gasteiger charge is 2.23. The highest BCUT2D eigenvalue weighted by molar-refractivity contribution is 7.89. The molecule has 1 fully saturated rings. The third kappa shape index (κ3) is 4.89. The summed E-state index contributed by atoms with van der Waals surface area (Å²) in [5.41, 5.74) is 0.386. The van der Waals surface area contributed by atoms with Crippen LogP contribution in [0.15, 0.2) is 58.3 Å². The first-order chi connectivity index (χ1) is 14.5. The van der Waals surface area contributed by atoms with Crippen LogP contribution in [0.5, 0.6) is 0 Å². The number of thiophene rings is 1. The fourth-order valence-electron chi connectivity index (χ4n) is 3.33. The van der Waals surface area contributed by atoms with E-state index in [1.165, 1.54) is 23.5 Å². The topological polar surface area (TPSA) is 82.6 Å². The van der Waals surface area contributed by atoms with Crippen molar-refractivity contribution in [3.05, 3.63) is 63.8 Å². The van der Waals surface area contributed by atoms with E-state index in [9.17, 15) is 13.2 Å². The molecule has 0 atom stereocenters. The Hall–Kier alpha value is -2.27. The summed E-state index contributed by atoms with van der Waals surface area (Å²) in [4.78, 5) is 22.4. The van der Waals surface area contributed by atoms with Gasteiger partial charge >= 0.3 is 0 Å². The molecule has 3 heterocycles. The average molecular weight is 463 g/mol. The standard InChI is InChI=1S/C20H22N4O3S3/c25-19(23-8-3-9-24(11-10-23)20-21-7-13-29-20)16-4-1-6-18(14-16)30(26,27)22-15-17-5-2-12-28-17/h1-2,4-7,12-14,22H,3,8-11,15H2. The largest absolute Gasteiger partial charge is 0.346 e. The van der Waals surface area contributed by atoms with Gasteiger partial charge in [0.2, 0.25) is 10.0 Å². The summed E-state index contributed by atoms with van der Waals surface area (Å²) in [5, 5.41) is 4.82. The van der Waals surface area contributed by atoms with Crippen molar-refractivity contribution in [1.82, 2.24) is 14.6 Å². The van der Waals surface area contributed by atoms with Crippen LogP contribution in [0, 0.1) is 0 Å². The predicted octanol–water partition coefficient (Wildman–Crippen LogP) is 3.04. The predicted molar refractivity (Wildman–Crippen MR) is 120 cm³/mol. The number of hydrogen-bond donors (Lipinski definition) is 1. The second-order valence-electron chi connectivity index (χ2n) is 6.88. The Kier molecular flexibility index (Phi) is 6.47. The van der Waals surface area contributed by atoms with Crippen molar-refractivity contribution in [3.63, 3.8) is 0 Å². The zero-order valence-corrected chi connectivity index (χ0v) is 18.7. The lowest BCUT2D eigenvalue weighted by Gasteiger charge is -2.22. The molecule has 10 heteroatoms. The van der Waals surface area contributed by atoms with E-state index in [0.29, 0.717) is 25.2 Å². The second kappa shape index (κ2) is 9.25. The van der Waals surface area contributed by atoms with Gasteiger partial charge in [0.05, 0.1) is 4.90 Å². The number of carbonyl (C=O) groups is 1. The molecule has 0 radical (unpaired) electrons. The van der Waals surface area contributed by atoms with E-state index in [0.717, 1.165) is 23.0 Å². The molecule has 0 saturated carbocycles. The van der Waals surface area contributed by atoms with Crippen LogP contribution in [0.2, 0.25) is 0 Å². The molecule has 1 aliphatic heterocycles. The third-order valence-corrected chi connectivity index (χ3v) is 7.99. The highest BCUT2D eigenvalue weighted by Crippen LogP contribution is 2.20. The van der Waals surface area contributed by atoms with E-state index >= 15 is 0 Å². The van der Waals surface area contributed by atoms with E-state index in [4.69, 9.17) is 0 Å². The smallest absolute Gasteiger partial charge is 0.253 e. The molecular formula is C20H22N4O3S3. The van der Waals surface area contributed by atoms with Crippen LogP contribution < -0.4 is 9.62 Å². The average Bonchev–Trinajstić information content (AvgIpc) is 3.43. The molecule has 1 aliphatic rings. The molecule has 3 aromatic rings. The number of thiazole rings is 1. The fraction of sp³-hybridized carbons (Fsp3) is 0.300. The third-order valence-electron chi connectivity index (χ3n) is 4.88.